The Morgan fingerprint density at radius 1 is 1.17 bits per heavy atom. The second-order valence-electron chi connectivity index (χ2n) is 4.97. The monoisotopic (exact) mass is 247 g/mol. The first-order chi connectivity index (χ1) is 8.76. The van der Waals surface area contributed by atoms with E-state index in [0.717, 1.165) is 24.9 Å². The minimum atomic E-state index is 0.347. The third kappa shape index (κ3) is 5.97. The van der Waals surface area contributed by atoms with Crippen molar-refractivity contribution in [3.05, 3.63) is 35.9 Å². The SMILES string of the molecule is CCCC(CCN)CCC(=O)Cc1ccccc1. The number of benzene rings is 1. The van der Waals surface area contributed by atoms with Crippen molar-refractivity contribution in [1.82, 2.24) is 0 Å². The van der Waals surface area contributed by atoms with E-state index < -0.39 is 0 Å². The van der Waals surface area contributed by atoms with Crippen LogP contribution in [0.5, 0.6) is 0 Å². The van der Waals surface area contributed by atoms with Gasteiger partial charge in [-0.1, -0.05) is 50.1 Å². The highest BCUT2D eigenvalue weighted by atomic mass is 16.1. The van der Waals surface area contributed by atoms with Gasteiger partial charge in [0.15, 0.2) is 0 Å². The molecule has 1 aromatic rings. The fraction of sp³-hybridized carbons (Fsp3) is 0.562. The molecular formula is C16H25NO. The predicted octanol–water partition coefficient (Wildman–Crippen LogP) is 3.34. The molecule has 0 aromatic heterocycles. The summed E-state index contributed by atoms with van der Waals surface area (Å²) in [6.45, 7) is 2.92. The number of rotatable bonds is 9. The molecule has 100 valence electrons. The first-order valence-corrected chi connectivity index (χ1v) is 7.02. The summed E-state index contributed by atoms with van der Waals surface area (Å²) in [5, 5.41) is 0. The smallest absolute Gasteiger partial charge is 0.137 e. The van der Waals surface area contributed by atoms with Crippen molar-refractivity contribution in [2.24, 2.45) is 11.7 Å². The maximum Gasteiger partial charge on any atom is 0.137 e. The molecule has 0 saturated carbocycles. The quantitative estimate of drug-likeness (QED) is 0.727. The van der Waals surface area contributed by atoms with Crippen LogP contribution in [0.15, 0.2) is 30.3 Å². The normalized spacial score (nSPS) is 12.3. The molecule has 2 nitrogen and oxygen atoms in total. The maximum atomic E-state index is 11.9. The van der Waals surface area contributed by atoms with E-state index in [9.17, 15) is 4.79 Å². The lowest BCUT2D eigenvalue weighted by Crippen LogP contribution is -2.11. The molecule has 18 heavy (non-hydrogen) atoms. The lowest BCUT2D eigenvalue weighted by molar-refractivity contribution is -0.118. The summed E-state index contributed by atoms with van der Waals surface area (Å²) in [4.78, 5) is 11.9. The molecule has 0 amide bonds. The van der Waals surface area contributed by atoms with Gasteiger partial charge in [-0.15, -0.1) is 0 Å². The fourth-order valence-electron chi connectivity index (χ4n) is 2.35. The standard InChI is InChI=1S/C16H25NO/c1-2-6-14(11-12-17)9-10-16(18)13-15-7-4-3-5-8-15/h3-5,7-8,14H,2,6,9-13,17H2,1H3. The van der Waals surface area contributed by atoms with E-state index >= 15 is 0 Å². The van der Waals surface area contributed by atoms with Gasteiger partial charge >= 0.3 is 0 Å². The van der Waals surface area contributed by atoms with Crippen LogP contribution >= 0.6 is 0 Å². The van der Waals surface area contributed by atoms with Gasteiger partial charge in [-0.05, 0) is 30.9 Å². The largest absolute Gasteiger partial charge is 0.330 e. The van der Waals surface area contributed by atoms with E-state index in [0.29, 0.717) is 24.5 Å². The summed E-state index contributed by atoms with van der Waals surface area (Å²) in [5.74, 6) is 0.971. The zero-order chi connectivity index (χ0) is 13.2. The lowest BCUT2D eigenvalue weighted by Gasteiger charge is -2.14. The summed E-state index contributed by atoms with van der Waals surface area (Å²) in [6.07, 6.45) is 5.68. The first-order valence-electron chi connectivity index (χ1n) is 7.02. The van der Waals surface area contributed by atoms with Crippen LogP contribution in [0.4, 0.5) is 0 Å². The number of carbonyl (C=O) groups is 1. The van der Waals surface area contributed by atoms with Gasteiger partial charge in [0.1, 0.15) is 5.78 Å². The van der Waals surface area contributed by atoms with Crippen molar-refractivity contribution in [3.8, 4) is 0 Å². The van der Waals surface area contributed by atoms with E-state index in [1.54, 1.807) is 0 Å². The Labute approximate surface area is 111 Å². The summed E-state index contributed by atoms with van der Waals surface area (Å²) in [7, 11) is 0. The van der Waals surface area contributed by atoms with Crippen LogP contribution in [0.25, 0.3) is 0 Å². The van der Waals surface area contributed by atoms with E-state index in [-0.39, 0.29) is 0 Å². The number of Topliss-reactive ketones (excluding diaryl/α,β-unsaturated/α-hetero) is 1. The zero-order valence-corrected chi connectivity index (χ0v) is 11.4. The Kier molecular flexibility index (Phi) is 7.35. The van der Waals surface area contributed by atoms with Crippen LogP contribution in [0, 0.1) is 5.92 Å². The van der Waals surface area contributed by atoms with E-state index in [2.05, 4.69) is 6.92 Å². The van der Waals surface area contributed by atoms with Gasteiger partial charge in [0.25, 0.3) is 0 Å². The molecule has 0 radical (unpaired) electrons. The number of hydrogen-bond acceptors (Lipinski definition) is 2. The summed E-state index contributed by atoms with van der Waals surface area (Å²) < 4.78 is 0. The molecule has 1 atom stereocenters. The van der Waals surface area contributed by atoms with Gasteiger partial charge in [0, 0.05) is 12.8 Å². The van der Waals surface area contributed by atoms with Crippen molar-refractivity contribution in [2.45, 2.75) is 45.4 Å². The Morgan fingerprint density at radius 3 is 2.50 bits per heavy atom. The Morgan fingerprint density at radius 2 is 1.89 bits per heavy atom. The van der Waals surface area contributed by atoms with E-state index in [1.165, 1.54) is 12.8 Å². The highest BCUT2D eigenvalue weighted by molar-refractivity contribution is 5.80. The molecule has 0 aliphatic carbocycles. The molecule has 2 heteroatoms. The predicted molar refractivity (Wildman–Crippen MR) is 76.5 cm³/mol. The third-order valence-corrected chi connectivity index (χ3v) is 3.35. The van der Waals surface area contributed by atoms with Crippen LogP contribution < -0.4 is 5.73 Å². The van der Waals surface area contributed by atoms with Gasteiger partial charge in [-0.3, -0.25) is 4.79 Å². The summed E-state index contributed by atoms with van der Waals surface area (Å²) in [5.41, 5.74) is 6.72. The molecular weight excluding hydrogens is 222 g/mol. The number of nitrogens with two attached hydrogens (primary N) is 1. The van der Waals surface area contributed by atoms with Crippen LogP contribution in [-0.2, 0) is 11.2 Å². The molecule has 0 aliphatic rings. The van der Waals surface area contributed by atoms with E-state index in [1.807, 2.05) is 30.3 Å². The number of ketones is 1. The van der Waals surface area contributed by atoms with E-state index in [4.69, 9.17) is 5.73 Å². The zero-order valence-electron chi connectivity index (χ0n) is 11.4. The fourth-order valence-corrected chi connectivity index (χ4v) is 2.35. The molecule has 0 spiro atoms. The molecule has 0 fully saturated rings. The minimum absolute atomic E-state index is 0.347. The lowest BCUT2D eigenvalue weighted by atomic mass is 9.92. The number of hydrogen-bond donors (Lipinski definition) is 1. The van der Waals surface area contributed by atoms with Gasteiger partial charge < -0.3 is 5.73 Å². The van der Waals surface area contributed by atoms with Gasteiger partial charge in [-0.2, -0.15) is 0 Å². The van der Waals surface area contributed by atoms with Gasteiger partial charge in [0.2, 0.25) is 0 Å². The van der Waals surface area contributed by atoms with Crippen molar-refractivity contribution in [1.29, 1.82) is 0 Å². The third-order valence-electron chi connectivity index (χ3n) is 3.35. The van der Waals surface area contributed by atoms with Crippen LogP contribution in [0.3, 0.4) is 0 Å². The maximum absolute atomic E-state index is 11.9. The molecule has 2 N–H and O–H groups in total. The molecule has 1 rings (SSSR count). The minimum Gasteiger partial charge on any atom is -0.330 e. The molecule has 0 bridgehead atoms. The van der Waals surface area contributed by atoms with Gasteiger partial charge in [0.05, 0.1) is 0 Å². The van der Waals surface area contributed by atoms with Gasteiger partial charge in [-0.25, -0.2) is 0 Å². The Bertz CT molecular complexity index is 328. The average molecular weight is 247 g/mol. The molecule has 1 unspecified atom stereocenters. The Balaban J connectivity index is 2.31. The summed E-state index contributed by atoms with van der Waals surface area (Å²) in [6, 6.07) is 9.98. The van der Waals surface area contributed by atoms with Crippen LogP contribution in [0.2, 0.25) is 0 Å². The topological polar surface area (TPSA) is 43.1 Å². The number of carbonyl (C=O) groups excluding carboxylic acids is 1. The molecule has 0 aliphatic heterocycles. The average Bonchev–Trinajstić information content (AvgIpc) is 2.38. The van der Waals surface area contributed by atoms with Crippen LogP contribution in [0.1, 0.15) is 44.6 Å². The highest BCUT2D eigenvalue weighted by Gasteiger charge is 2.10. The van der Waals surface area contributed by atoms with Crippen LogP contribution in [-0.4, -0.2) is 12.3 Å². The summed E-state index contributed by atoms with van der Waals surface area (Å²) >= 11 is 0. The molecule has 0 saturated heterocycles. The van der Waals surface area contributed by atoms with Crippen molar-refractivity contribution >= 4 is 5.78 Å². The van der Waals surface area contributed by atoms with Crippen molar-refractivity contribution in [2.75, 3.05) is 6.54 Å². The van der Waals surface area contributed by atoms with Crippen molar-refractivity contribution in [3.63, 3.8) is 0 Å². The second-order valence-corrected chi connectivity index (χ2v) is 4.97. The first kappa shape index (κ1) is 14.9. The second kappa shape index (κ2) is 8.87. The van der Waals surface area contributed by atoms with Crippen molar-refractivity contribution < 1.29 is 4.79 Å². The highest BCUT2D eigenvalue weighted by Crippen LogP contribution is 2.17. The molecule has 1 aromatic carbocycles. The Hall–Kier alpha value is -1.15. The molecule has 0 heterocycles.